The van der Waals surface area contributed by atoms with Crippen molar-refractivity contribution in [1.29, 1.82) is 0 Å². The molecule has 1 aliphatic rings. The van der Waals surface area contributed by atoms with Gasteiger partial charge in [0.15, 0.2) is 0 Å². The van der Waals surface area contributed by atoms with Gasteiger partial charge in [-0.25, -0.2) is 0 Å². The minimum absolute atomic E-state index is 0.314. The van der Waals surface area contributed by atoms with Gasteiger partial charge in [0.25, 0.3) is 0 Å². The van der Waals surface area contributed by atoms with Crippen molar-refractivity contribution in [2.45, 2.75) is 25.4 Å². The highest BCUT2D eigenvalue weighted by Gasteiger charge is 2.27. The lowest BCUT2D eigenvalue weighted by atomic mass is 9.78. The molecule has 0 radical (unpaired) electrons. The Hall–Kier alpha value is -1.12. The van der Waals surface area contributed by atoms with E-state index in [0.717, 1.165) is 29.3 Å². The summed E-state index contributed by atoms with van der Waals surface area (Å²) in [6, 6.07) is 16.6. The standard InChI is InChI=1S/C17H17BrO/c18-16-8-4-2-6-13(16)11-14-10-9-12-5-1-3-7-15(12)17(14)19/h1-8,14,17,19H,9-11H2. The fourth-order valence-corrected chi connectivity index (χ4v) is 3.41. The van der Waals surface area contributed by atoms with E-state index < -0.39 is 0 Å². The van der Waals surface area contributed by atoms with Crippen LogP contribution < -0.4 is 0 Å². The number of hydrogen-bond donors (Lipinski definition) is 1. The fourth-order valence-electron chi connectivity index (χ4n) is 2.96. The molecule has 3 rings (SSSR count). The van der Waals surface area contributed by atoms with Gasteiger partial charge < -0.3 is 5.11 Å². The number of halogens is 1. The second-order valence-electron chi connectivity index (χ2n) is 5.24. The predicted octanol–water partition coefficient (Wildman–Crippen LogP) is 4.29. The third-order valence-electron chi connectivity index (χ3n) is 4.04. The van der Waals surface area contributed by atoms with Crippen molar-refractivity contribution in [3.8, 4) is 0 Å². The molecule has 0 saturated carbocycles. The highest BCUT2D eigenvalue weighted by Crippen LogP contribution is 2.37. The van der Waals surface area contributed by atoms with Crippen molar-refractivity contribution < 1.29 is 5.11 Å². The first kappa shape index (κ1) is 12.9. The maximum Gasteiger partial charge on any atom is 0.0824 e. The van der Waals surface area contributed by atoms with Crippen LogP contribution in [0.5, 0.6) is 0 Å². The van der Waals surface area contributed by atoms with Crippen LogP contribution in [-0.4, -0.2) is 5.11 Å². The van der Waals surface area contributed by atoms with E-state index in [2.05, 4.69) is 52.3 Å². The molecule has 0 fully saturated rings. The van der Waals surface area contributed by atoms with Crippen molar-refractivity contribution in [2.24, 2.45) is 5.92 Å². The van der Waals surface area contributed by atoms with Crippen molar-refractivity contribution >= 4 is 15.9 Å². The zero-order valence-electron chi connectivity index (χ0n) is 10.7. The summed E-state index contributed by atoms with van der Waals surface area (Å²) in [5.41, 5.74) is 3.70. The van der Waals surface area contributed by atoms with E-state index >= 15 is 0 Å². The number of rotatable bonds is 2. The van der Waals surface area contributed by atoms with E-state index in [1.807, 2.05) is 12.1 Å². The van der Waals surface area contributed by atoms with E-state index in [4.69, 9.17) is 0 Å². The van der Waals surface area contributed by atoms with Crippen LogP contribution in [0, 0.1) is 5.92 Å². The Labute approximate surface area is 122 Å². The molecule has 98 valence electrons. The summed E-state index contributed by atoms with van der Waals surface area (Å²) in [5, 5.41) is 10.6. The van der Waals surface area contributed by atoms with Crippen molar-refractivity contribution in [2.75, 3.05) is 0 Å². The smallest absolute Gasteiger partial charge is 0.0824 e. The SMILES string of the molecule is OC1c2ccccc2CCC1Cc1ccccc1Br. The molecule has 2 unspecified atom stereocenters. The van der Waals surface area contributed by atoms with Crippen LogP contribution in [0.1, 0.15) is 29.2 Å². The lowest BCUT2D eigenvalue weighted by Gasteiger charge is -2.30. The highest BCUT2D eigenvalue weighted by molar-refractivity contribution is 9.10. The summed E-state index contributed by atoms with van der Waals surface area (Å²) in [4.78, 5) is 0. The third kappa shape index (κ3) is 2.60. The average molecular weight is 317 g/mol. The summed E-state index contributed by atoms with van der Waals surface area (Å²) in [5.74, 6) is 0.314. The van der Waals surface area contributed by atoms with Gasteiger partial charge >= 0.3 is 0 Å². The lowest BCUT2D eigenvalue weighted by Crippen LogP contribution is -2.22. The maximum absolute atomic E-state index is 10.6. The maximum atomic E-state index is 10.6. The Kier molecular flexibility index (Phi) is 3.72. The van der Waals surface area contributed by atoms with Crippen LogP contribution >= 0.6 is 15.9 Å². The van der Waals surface area contributed by atoms with Gasteiger partial charge in [-0.2, -0.15) is 0 Å². The predicted molar refractivity (Wildman–Crippen MR) is 81.1 cm³/mol. The molecule has 1 aliphatic carbocycles. The minimum Gasteiger partial charge on any atom is -0.388 e. The van der Waals surface area contributed by atoms with Gasteiger partial charge in [-0.3, -0.25) is 0 Å². The third-order valence-corrected chi connectivity index (χ3v) is 4.82. The first-order chi connectivity index (χ1) is 9.25. The number of aryl methyl sites for hydroxylation is 1. The molecular formula is C17H17BrO. The molecule has 0 bridgehead atoms. The first-order valence-electron chi connectivity index (χ1n) is 6.75. The topological polar surface area (TPSA) is 20.2 Å². The Balaban J connectivity index is 1.83. The van der Waals surface area contributed by atoms with Crippen LogP contribution in [0.25, 0.3) is 0 Å². The zero-order chi connectivity index (χ0) is 13.2. The van der Waals surface area contributed by atoms with Crippen molar-refractivity contribution in [1.82, 2.24) is 0 Å². The second-order valence-corrected chi connectivity index (χ2v) is 6.09. The number of benzene rings is 2. The van der Waals surface area contributed by atoms with E-state index in [1.165, 1.54) is 11.1 Å². The molecule has 2 heteroatoms. The molecule has 19 heavy (non-hydrogen) atoms. The quantitative estimate of drug-likeness (QED) is 0.876. The van der Waals surface area contributed by atoms with Gasteiger partial charge in [-0.05, 0) is 47.9 Å². The Morgan fingerprint density at radius 3 is 2.63 bits per heavy atom. The summed E-state index contributed by atoms with van der Waals surface area (Å²) in [7, 11) is 0. The van der Waals surface area contributed by atoms with Gasteiger partial charge in [-0.1, -0.05) is 58.4 Å². The Bertz CT molecular complexity index is 579. The Morgan fingerprint density at radius 1 is 1.05 bits per heavy atom. The molecule has 0 saturated heterocycles. The fraction of sp³-hybridized carbons (Fsp3) is 0.294. The average Bonchev–Trinajstić information content (AvgIpc) is 2.44. The summed E-state index contributed by atoms with van der Waals surface area (Å²) in [6.07, 6.45) is 2.72. The molecule has 0 aromatic heterocycles. The van der Waals surface area contributed by atoms with E-state index in [-0.39, 0.29) is 6.10 Å². The number of hydrogen-bond acceptors (Lipinski definition) is 1. The zero-order valence-corrected chi connectivity index (χ0v) is 12.3. The van der Waals surface area contributed by atoms with E-state index in [0.29, 0.717) is 5.92 Å². The molecule has 1 nitrogen and oxygen atoms in total. The van der Waals surface area contributed by atoms with Crippen LogP contribution in [0.3, 0.4) is 0 Å². The van der Waals surface area contributed by atoms with Gasteiger partial charge in [0.05, 0.1) is 6.10 Å². The van der Waals surface area contributed by atoms with Crippen molar-refractivity contribution in [3.63, 3.8) is 0 Å². The molecule has 0 amide bonds. The number of aliphatic hydroxyl groups is 1. The molecule has 0 aliphatic heterocycles. The molecule has 2 aromatic carbocycles. The van der Waals surface area contributed by atoms with E-state index in [9.17, 15) is 5.11 Å². The lowest BCUT2D eigenvalue weighted by molar-refractivity contribution is 0.0936. The van der Waals surface area contributed by atoms with Gasteiger partial charge in [0.2, 0.25) is 0 Å². The first-order valence-corrected chi connectivity index (χ1v) is 7.54. The number of aliphatic hydroxyl groups excluding tert-OH is 1. The van der Waals surface area contributed by atoms with Crippen LogP contribution in [0.4, 0.5) is 0 Å². The Morgan fingerprint density at radius 2 is 1.79 bits per heavy atom. The molecule has 2 aromatic rings. The largest absolute Gasteiger partial charge is 0.388 e. The molecule has 1 N–H and O–H groups in total. The normalized spacial score (nSPS) is 22.0. The summed E-state index contributed by atoms with van der Waals surface area (Å²) < 4.78 is 1.14. The van der Waals surface area contributed by atoms with Crippen LogP contribution in [-0.2, 0) is 12.8 Å². The van der Waals surface area contributed by atoms with Gasteiger partial charge in [-0.15, -0.1) is 0 Å². The van der Waals surface area contributed by atoms with E-state index in [1.54, 1.807) is 0 Å². The summed E-state index contributed by atoms with van der Waals surface area (Å²) >= 11 is 3.59. The summed E-state index contributed by atoms with van der Waals surface area (Å²) in [6.45, 7) is 0. The van der Waals surface area contributed by atoms with Crippen LogP contribution in [0.15, 0.2) is 53.0 Å². The minimum atomic E-state index is -0.336. The van der Waals surface area contributed by atoms with Gasteiger partial charge in [0, 0.05) is 4.47 Å². The van der Waals surface area contributed by atoms with Gasteiger partial charge in [0.1, 0.15) is 0 Å². The second kappa shape index (κ2) is 5.48. The highest BCUT2D eigenvalue weighted by atomic mass is 79.9. The monoisotopic (exact) mass is 316 g/mol. The molecular weight excluding hydrogens is 300 g/mol. The number of fused-ring (bicyclic) bond motifs is 1. The van der Waals surface area contributed by atoms with Crippen molar-refractivity contribution in [3.05, 3.63) is 69.7 Å². The molecule has 0 spiro atoms. The molecule has 2 atom stereocenters. The van der Waals surface area contributed by atoms with Crippen LogP contribution in [0.2, 0.25) is 0 Å². The molecule has 0 heterocycles.